The van der Waals surface area contributed by atoms with Gasteiger partial charge in [0.2, 0.25) is 21.8 Å². The number of nitrogens with zero attached hydrogens (tertiary/aromatic N) is 2. The van der Waals surface area contributed by atoms with E-state index in [-0.39, 0.29) is 49.4 Å². The Morgan fingerprint density at radius 1 is 1.05 bits per heavy atom. The number of alkyl halides is 3. The molecule has 0 spiro atoms. The SMILES string of the molecule is CC(C)CNC(=O)C(C)N(Cc1ccc(Br)cc1)C(=O)CCCN(c1cccc(C(F)(F)F)c1)S(C)(=O)=O. The van der Waals surface area contributed by atoms with Gasteiger partial charge in [0.25, 0.3) is 0 Å². The Bertz CT molecular complexity index is 1200. The molecule has 210 valence electrons. The van der Waals surface area contributed by atoms with Gasteiger partial charge in [0.1, 0.15) is 6.04 Å². The van der Waals surface area contributed by atoms with Crippen molar-refractivity contribution >= 4 is 43.5 Å². The van der Waals surface area contributed by atoms with Gasteiger partial charge in [0.15, 0.2) is 0 Å². The highest BCUT2D eigenvalue weighted by Gasteiger charge is 2.32. The minimum Gasteiger partial charge on any atom is -0.354 e. The summed E-state index contributed by atoms with van der Waals surface area (Å²) in [4.78, 5) is 27.5. The van der Waals surface area contributed by atoms with Crippen molar-refractivity contribution in [2.45, 2.75) is 52.4 Å². The van der Waals surface area contributed by atoms with Crippen LogP contribution >= 0.6 is 15.9 Å². The largest absolute Gasteiger partial charge is 0.416 e. The van der Waals surface area contributed by atoms with Crippen molar-refractivity contribution in [3.05, 3.63) is 64.1 Å². The van der Waals surface area contributed by atoms with Gasteiger partial charge in [-0.25, -0.2) is 8.42 Å². The van der Waals surface area contributed by atoms with Gasteiger partial charge in [-0.05, 0) is 55.2 Å². The quantitative estimate of drug-likeness (QED) is 0.354. The third-order valence-corrected chi connectivity index (χ3v) is 7.45. The molecule has 12 heteroatoms. The Balaban J connectivity index is 2.20. The van der Waals surface area contributed by atoms with E-state index in [1.165, 1.54) is 11.0 Å². The Morgan fingerprint density at radius 2 is 1.68 bits per heavy atom. The van der Waals surface area contributed by atoms with Crippen LogP contribution in [0.4, 0.5) is 18.9 Å². The van der Waals surface area contributed by atoms with Crippen LogP contribution < -0.4 is 9.62 Å². The second-order valence-electron chi connectivity index (χ2n) is 9.45. The fourth-order valence-corrected chi connectivity index (χ4v) is 4.88. The van der Waals surface area contributed by atoms with E-state index in [1.807, 2.05) is 38.1 Å². The molecule has 1 N–H and O–H groups in total. The third-order valence-electron chi connectivity index (χ3n) is 5.73. The molecular weight excluding hydrogens is 587 g/mol. The number of sulfonamides is 1. The average molecular weight is 621 g/mol. The maximum Gasteiger partial charge on any atom is 0.416 e. The molecule has 7 nitrogen and oxygen atoms in total. The van der Waals surface area contributed by atoms with Crippen LogP contribution in [0, 0.1) is 5.92 Å². The van der Waals surface area contributed by atoms with Gasteiger partial charge in [-0.3, -0.25) is 13.9 Å². The minimum absolute atomic E-state index is 0.0410. The molecule has 0 aromatic heterocycles. The van der Waals surface area contributed by atoms with E-state index < -0.39 is 27.8 Å². The molecule has 0 aliphatic heterocycles. The molecule has 0 aliphatic rings. The van der Waals surface area contributed by atoms with Gasteiger partial charge < -0.3 is 10.2 Å². The summed E-state index contributed by atoms with van der Waals surface area (Å²) in [6, 6.07) is 10.5. The summed E-state index contributed by atoms with van der Waals surface area (Å²) in [5.41, 5.74) is -0.309. The predicted molar refractivity (Wildman–Crippen MR) is 145 cm³/mol. The van der Waals surface area contributed by atoms with Crippen molar-refractivity contribution in [1.29, 1.82) is 0 Å². The molecule has 0 aliphatic carbocycles. The van der Waals surface area contributed by atoms with Crippen molar-refractivity contribution in [1.82, 2.24) is 10.2 Å². The highest BCUT2D eigenvalue weighted by Crippen LogP contribution is 2.32. The fourth-order valence-electron chi connectivity index (χ4n) is 3.66. The van der Waals surface area contributed by atoms with Crippen LogP contribution in [0.5, 0.6) is 0 Å². The normalized spacial score (nSPS) is 12.8. The summed E-state index contributed by atoms with van der Waals surface area (Å²) >= 11 is 3.36. The number of carbonyl (C=O) groups is 2. The zero-order chi connectivity index (χ0) is 28.7. The van der Waals surface area contributed by atoms with Crippen LogP contribution in [-0.4, -0.2) is 50.5 Å². The van der Waals surface area contributed by atoms with Crippen molar-refractivity contribution in [3.8, 4) is 0 Å². The number of rotatable bonds is 12. The first-order chi connectivity index (χ1) is 17.6. The maximum absolute atomic E-state index is 13.3. The van der Waals surface area contributed by atoms with Crippen molar-refractivity contribution in [2.75, 3.05) is 23.7 Å². The lowest BCUT2D eigenvalue weighted by Crippen LogP contribution is -2.48. The Hall–Kier alpha value is -2.60. The van der Waals surface area contributed by atoms with Crippen LogP contribution in [0.25, 0.3) is 0 Å². The average Bonchev–Trinajstić information content (AvgIpc) is 2.83. The molecule has 2 aromatic carbocycles. The molecule has 0 saturated heterocycles. The van der Waals surface area contributed by atoms with E-state index in [2.05, 4.69) is 21.2 Å². The molecular formula is C26H33BrF3N3O4S. The first-order valence-corrected chi connectivity index (χ1v) is 14.7. The standard InChI is InChI=1S/C26H33BrF3N3O4S/c1-18(2)16-31-25(35)19(3)32(17-20-10-12-22(27)13-11-20)24(34)9-6-14-33(38(4,36)37)23-8-5-7-21(15-23)26(28,29)30/h5,7-8,10-13,15,18-19H,6,9,14,16-17H2,1-4H3,(H,31,35). The number of hydrogen-bond acceptors (Lipinski definition) is 4. The van der Waals surface area contributed by atoms with E-state index in [4.69, 9.17) is 0 Å². The van der Waals surface area contributed by atoms with Crippen molar-refractivity contribution < 1.29 is 31.2 Å². The number of benzene rings is 2. The first-order valence-electron chi connectivity index (χ1n) is 12.1. The van der Waals surface area contributed by atoms with Gasteiger partial charge in [-0.1, -0.05) is 48.0 Å². The van der Waals surface area contributed by atoms with E-state index in [1.54, 1.807) is 6.92 Å². The Morgan fingerprint density at radius 3 is 2.24 bits per heavy atom. The van der Waals surface area contributed by atoms with Gasteiger partial charge in [-0.15, -0.1) is 0 Å². The van der Waals surface area contributed by atoms with E-state index in [0.29, 0.717) is 6.54 Å². The second kappa shape index (κ2) is 13.5. The minimum atomic E-state index is -4.63. The van der Waals surface area contributed by atoms with Crippen LogP contribution in [-0.2, 0) is 32.3 Å². The van der Waals surface area contributed by atoms with E-state index in [9.17, 15) is 31.2 Å². The van der Waals surface area contributed by atoms with Crippen LogP contribution in [0.3, 0.4) is 0 Å². The zero-order valence-electron chi connectivity index (χ0n) is 21.8. The number of halogens is 4. The summed E-state index contributed by atoms with van der Waals surface area (Å²) in [6.45, 7) is 5.93. The molecule has 2 aromatic rings. The molecule has 0 radical (unpaired) electrons. The predicted octanol–water partition coefficient (Wildman–Crippen LogP) is 5.20. The van der Waals surface area contributed by atoms with Crippen LogP contribution in [0.1, 0.15) is 44.7 Å². The topological polar surface area (TPSA) is 86.8 Å². The van der Waals surface area contributed by atoms with Gasteiger partial charge >= 0.3 is 6.18 Å². The van der Waals surface area contributed by atoms with Gasteiger partial charge in [0, 0.05) is 30.5 Å². The number of carbonyl (C=O) groups excluding carboxylic acids is 2. The van der Waals surface area contributed by atoms with Gasteiger partial charge in [0.05, 0.1) is 17.5 Å². The van der Waals surface area contributed by atoms with Gasteiger partial charge in [-0.2, -0.15) is 13.2 Å². The van der Waals surface area contributed by atoms with Crippen LogP contribution in [0.2, 0.25) is 0 Å². The summed E-state index contributed by atoms with van der Waals surface area (Å²) in [7, 11) is -3.92. The smallest absolute Gasteiger partial charge is 0.354 e. The Labute approximate surface area is 230 Å². The number of hydrogen-bond donors (Lipinski definition) is 1. The molecule has 1 atom stereocenters. The third kappa shape index (κ3) is 9.61. The summed E-state index contributed by atoms with van der Waals surface area (Å²) in [5.74, 6) is -0.469. The number of nitrogens with one attached hydrogen (secondary N) is 1. The zero-order valence-corrected chi connectivity index (χ0v) is 24.2. The summed E-state index contributed by atoms with van der Waals surface area (Å²) in [6.07, 6.45) is -3.80. The highest BCUT2D eigenvalue weighted by molar-refractivity contribution is 9.10. The highest BCUT2D eigenvalue weighted by atomic mass is 79.9. The number of amides is 2. The maximum atomic E-state index is 13.3. The van der Waals surface area contributed by atoms with Crippen molar-refractivity contribution in [2.24, 2.45) is 5.92 Å². The lowest BCUT2D eigenvalue weighted by atomic mass is 10.1. The molecule has 2 amide bonds. The molecule has 1 unspecified atom stereocenters. The first kappa shape index (κ1) is 31.6. The van der Waals surface area contributed by atoms with E-state index >= 15 is 0 Å². The molecule has 38 heavy (non-hydrogen) atoms. The molecule has 0 fully saturated rings. The van der Waals surface area contributed by atoms with Crippen LogP contribution in [0.15, 0.2) is 53.0 Å². The monoisotopic (exact) mass is 619 g/mol. The molecule has 2 rings (SSSR count). The lowest BCUT2D eigenvalue weighted by Gasteiger charge is -2.29. The molecule has 0 saturated carbocycles. The number of anilines is 1. The second-order valence-corrected chi connectivity index (χ2v) is 12.3. The van der Waals surface area contributed by atoms with Crippen molar-refractivity contribution in [3.63, 3.8) is 0 Å². The summed E-state index contributed by atoms with van der Waals surface area (Å²) < 4.78 is 66.0. The Kier molecular flexibility index (Phi) is 11.2. The molecule has 0 heterocycles. The lowest BCUT2D eigenvalue weighted by molar-refractivity contribution is -0.140. The summed E-state index contributed by atoms with van der Waals surface area (Å²) in [5, 5.41) is 2.83. The molecule has 0 bridgehead atoms. The fraction of sp³-hybridized carbons (Fsp3) is 0.462. The van der Waals surface area contributed by atoms with E-state index in [0.717, 1.165) is 38.8 Å².